The Balaban J connectivity index is 1.94. The quantitative estimate of drug-likeness (QED) is 0.766. The minimum absolute atomic E-state index is 0.118. The van der Waals surface area contributed by atoms with Crippen LogP contribution in [0.3, 0.4) is 0 Å². The van der Waals surface area contributed by atoms with Crippen LogP contribution < -0.4 is 10.1 Å². The molecule has 0 spiro atoms. The number of carbonyl (C=O) groups is 1. The molecule has 0 saturated carbocycles. The SMILES string of the molecule is COCCOc1ccc(C(=O)NCc2ccccc2)cc1Br. The molecule has 2 aromatic carbocycles. The summed E-state index contributed by atoms with van der Waals surface area (Å²) in [6.07, 6.45) is 0. The molecule has 116 valence electrons. The molecule has 0 unspecified atom stereocenters. The van der Waals surface area contributed by atoms with E-state index in [9.17, 15) is 4.79 Å². The zero-order chi connectivity index (χ0) is 15.8. The van der Waals surface area contributed by atoms with Gasteiger partial charge in [-0.05, 0) is 39.7 Å². The molecule has 0 atom stereocenters. The van der Waals surface area contributed by atoms with E-state index in [1.807, 2.05) is 30.3 Å². The lowest BCUT2D eigenvalue weighted by Crippen LogP contribution is -2.22. The summed E-state index contributed by atoms with van der Waals surface area (Å²) in [5, 5.41) is 2.89. The van der Waals surface area contributed by atoms with Crippen molar-refractivity contribution in [2.45, 2.75) is 6.54 Å². The molecule has 0 saturated heterocycles. The van der Waals surface area contributed by atoms with Gasteiger partial charge in [0.15, 0.2) is 0 Å². The normalized spacial score (nSPS) is 10.3. The van der Waals surface area contributed by atoms with E-state index in [0.29, 0.717) is 31.1 Å². The third kappa shape index (κ3) is 4.86. The molecule has 0 fully saturated rings. The molecule has 0 aromatic heterocycles. The summed E-state index contributed by atoms with van der Waals surface area (Å²) in [5.74, 6) is 0.574. The highest BCUT2D eigenvalue weighted by Crippen LogP contribution is 2.26. The van der Waals surface area contributed by atoms with Gasteiger partial charge in [-0.1, -0.05) is 30.3 Å². The average molecular weight is 364 g/mol. The number of amides is 1. The van der Waals surface area contributed by atoms with Gasteiger partial charge in [-0.25, -0.2) is 0 Å². The molecule has 2 aromatic rings. The average Bonchev–Trinajstić information content (AvgIpc) is 2.55. The molecule has 0 aliphatic rings. The molecule has 0 radical (unpaired) electrons. The lowest BCUT2D eigenvalue weighted by Gasteiger charge is -2.10. The Hall–Kier alpha value is -1.85. The van der Waals surface area contributed by atoms with Crippen LogP contribution >= 0.6 is 15.9 Å². The second-order valence-electron chi connectivity index (χ2n) is 4.65. The fraction of sp³-hybridized carbons (Fsp3) is 0.235. The molecule has 0 aliphatic carbocycles. The first kappa shape index (κ1) is 16.5. The molecular weight excluding hydrogens is 346 g/mol. The number of carbonyl (C=O) groups excluding carboxylic acids is 1. The second kappa shape index (κ2) is 8.56. The second-order valence-corrected chi connectivity index (χ2v) is 5.51. The van der Waals surface area contributed by atoms with E-state index >= 15 is 0 Å². The third-order valence-electron chi connectivity index (χ3n) is 3.03. The van der Waals surface area contributed by atoms with Crippen molar-refractivity contribution in [2.24, 2.45) is 0 Å². The van der Waals surface area contributed by atoms with E-state index in [0.717, 1.165) is 10.0 Å². The van der Waals surface area contributed by atoms with Gasteiger partial charge in [0.05, 0.1) is 11.1 Å². The summed E-state index contributed by atoms with van der Waals surface area (Å²) >= 11 is 3.42. The van der Waals surface area contributed by atoms with Crippen molar-refractivity contribution in [1.82, 2.24) is 5.32 Å². The van der Waals surface area contributed by atoms with Crippen molar-refractivity contribution in [3.63, 3.8) is 0 Å². The summed E-state index contributed by atoms with van der Waals surface area (Å²) in [4.78, 5) is 12.1. The van der Waals surface area contributed by atoms with E-state index < -0.39 is 0 Å². The van der Waals surface area contributed by atoms with E-state index in [1.165, 1.54) is 0 Å². The molecule has 1 N–H and O–H groups in total. The van der Waals surface area contributed by atoms with E-state index in [-0.39, 0.29) is 5.91 Å². The summed E-state index contributed by atoms with van der Waals surface area (Å²) in [6, 6.07) is 15.1. The Morgan fingerprint density at radius 2 is 1.91 bits per heavy atom. The highest BCUT2D eigenvalue weighted by atomic mass is 79.9. The largest absolute Gasteiger partial charge is 0.490 e. The fourth-order valence-electron chi connectivity index (χ4n) is 1.87. The molecule has 0 bridgehead atoms. The Morgan fingerprint density at radius 1 is 1.14 bits per heavy atom. The van der Waals surface area contributed by atoms with E-state index in [2.05, 4.69) is 21.2 Å². The van der Waals surface area contributed by atoms with Gasteiger partial charge in [-0.3, -0.25) is 4.79 Å². The summed E-state index contributed by atoms with van der Waals surface area (Å²) in [7, 11) is 1.62. The first-order valence-corrected chi connectivity index (χ1v) is 7.73. The van der Waals surface area contributed by atoms with Gasteiger partial charge < -0.3 is 14.8 Å². The van der Waals surface area contributed by atoms with Gasteiger partial charge >= 0.3 is 0 Å². The van der Waals surface area contributed by atoms with Gasteiger partial charge in [0.25, 0.3) is 5.91 Å². The molecule has 4 nitrogen and oxygen atoms in total. The van der Waals surface area contributed by atoms with E-state index in [1.54, 1.807) is 25.3 Å². The van der Waals surface area contributed by atoms with Crippen LogP contribution in [0.25, 0.3) is 0 Å². The third-order valence-corrected chi connectivity index (χ3v) is 3.65. The minimum Gasteiger partial charge on any atom is -0.490 e. The summed E-state index contributed by atoms with van der Waals surface area (Å²) in [5.41, 5.74) is 1.65. The van der Waals surface area contributed by atoms with Gasteiger partial charge in [0.2, 0.25) is 0 Å². The lowest BCUT2D eigenvalue weighted by molar-refractivity contribution is 0.0950. The number of hydrogen-bond donors (Lipinski definition) is 1. The van der Waals surface area contributed by atoms with Crippen molar-refractivity contribution >= 4 is 21.8 Å². The fourth-order valence-corrected chi connectivity index (χ4v) is 2.37. The van der Waals surface area contributed by atoms with Crippen molar-refractivity contribution in [1.29, 1.82) is 0 Å². The Kier molecular flexibility index (Phi) is 6.43. The summed E-state index contributed by atoms with van der Waals surface area (Å²) < 4.78 is 11.2. The molecule has 22 heavy (non-hydrogen) atoms. The van der Waals surface area contributed by atoms with Crippen LogP contribution in [0.1, 0.15) is 15.9 Å². The zero-order valence-corrected chi connectivity index (χ0v) is 13.9. The number of hydrogen-bond acceptors (Lipinski definition) is 3. The van der Waals surface area contributed by atoms with Crippen LogP contribution in [0.5, 0.6) is 5.75 Å². The minimum atomic E-state index is -0.118. The Labute approximate surface area is 138 Å². The maximum Gasteiger partial charge on any atom is 0.251 e. The molecule has 1 amide bonds. The number of benzene rings is 2. The van der Waals surface area contributed by atoms with Crippen LogP contribution in [-0.2, 0) is 11.3 Å². The highest BCUT2D eigenvalue weighted by molar-refractivity contribution is 9.10. The number of rotatable bonds is 7. The van der Waals surface area contributed by atoms with Crippen LogP contribution in [0.2, 0.25) is 0 Å². The Bertz CT molecular complexity index is 617. The number of ether oxygens (including phenoxy) is 2. The van der Waals surface area contributed by atoms with Crippen molar-refractivity contribution in [3.8, 4) is 5.75 Å². The van der Waals surface area contributed by atoms with Crippen LogP contribution in [0.4, 0.5) is 0 Å². The molecular formula is C17H18BrNO3. The van der Waals surface area contributed by atoms with Crippen LogP contribution in [0, 0.1) is 0 Å². The van der Waals surface area contributed by atoms with Gasteiger partial charge in [-0.2, -0.15) is 0 Å². The monoisotopic (exact) mass is 363 g/mol. The zero-order valence-electron chi connectivity index (χ0n) is 12.3. The van der Waals surface area contributed by atoms with Crippen LogP contribution in [0.15, 0.2) is 53.0 Å². The first-order chi connectivity index (χ1) is 10.7. The number of methoxy groups -OCH3 is 1. The highest BCUT2D eigenvalue weighted by Gasteiger charge is 2.09. The standard InChI is InChI=1S/C17H18BrNO3/c1-21-9-10-22-16-8-7-14(11-15(16)18)17(20)19-12-13-5-3-2-4-6-13/h2-8,11H,9-10,12H2,1H3,(H,19,20). The van der Waals surface area contributed by atoms with Gasteiger partial charge in [0.1, 0.15) is 12.4 Å². The van der Waals surface area contributed by atoms with Crippen molar-refractivity contribution in [2.75, 3.05) is 20.3 Å². The lowest BCUT2D eigenvalue weighted by atomic mass is 10.2. The number of halogens is 1. The maximum absolute atomic E-state index is 12.1. The predicted molar refractivity (Wildman–Crippen MR) is 89.1 cm³/mol. The Morgan fingerprint density at radius 3 is 2.59 bits per heavy atom. The van der Waals surface area contributed by atoms with Crippen molar-refractivity contribution < 1.29 is 14.3 Å². The van der Waals surface area contributed by atoms with Gasteiger partial charge in [0, 0.05) is 19.2 Å². The van der Waals surface area contributed by atoms with Crippen molar-refractivity contribution in [3.05, 3.63) is 64.1 Å². The molecule has 0 heterocycles. The molecule has 0 aliphatic heterocycles. The first-order valence-electron chi connectivity index (χ1n) is 6.94. The smallest absolute Gasteiger partial charge is 0.251 e. The summed E-state index contributed by atoms with van der Waals surface area (Å²) in [6.45, 7) is 1.49. The number of nitrogens with one attached hydrogen (secondary N) is 1. The van der Waals surface area contributed by atoms with E-state index in [4.69, 9.17) is 9.47 Å². The topological polar surface area (TPSA) is 47.6 Å². The predicted octanol–water partition coefficient (Wildman–Crippen LogP) is 3.40. The maximum atomic E-state index is 12.1. The van der Waals surface area contributed by atoms with Crippen LogP contribution in [-0.4, -0.2) is 26.2 Å². The van der Waals surface area contributed by atoms with Gasteiger partial charge in [-0.15, -0.1) is 0 Å². The molecule has 2 rings (SSSR count). The molecule has 5 heteroatoms.